The molecule has 7 heteroatoms. The Balaban J connectivity index is 1.84. The molecule has 1 N–H and O–H groups in total. The fourth-order valence-electron chi connectivity index (χ4n) is 4.60. The Kier molecular flexibility index (Phi) is 5.83. The molecule has 176 valence electrons. The molecule has 0 radical (unpaired) electrons. The summed E-state index contributed by atoms with van der Waals surface area (Å²) in [6, 6.07) is 20.7. The highest BCUT2D eigenvalue weighted by molar-refractivity contribution is 6.30. The van der Waals surface area contributed by atoms with Crippen LogP contribution in [0.1, 0.15) is 33.0 Å². The van der Waals surface area contributed by atoms with Gasteiger partial charge in [-0.1, -0.05) is 41.4 Å². The number of fused-ring (bicyclic) bond motifs is 1. The van der Waals surface area contributed by atoms with E-state index in [1.165, 1.54) is 7.11 Å². The van der Waals surface area contributed by atoms with E-state index in [0.29, 0.717) is 27.6 Å². The topological polar surface area (TPSA) is 69.6 Å². The Morgan fingerprint density at radius 3 is 2.37 bits per heavy atom. The first-order valence-corrected chi connectivity index (χ1v) is 11.4. The molecule has 0 saturated carbocycles. The largest absolute Gasteiger partial charge is 0.497 e. The lowest BCUT2D eigenvalue weighted by Gasteiger charge is -2.16. The maximum atomic E-state index is 13.4. The van der Waals surface area contributed by atoms with Gasteiger partial charge in [-0.25, -0.2) is 4.79 Å². The van der Waals surface area contributed by atoms with Crippen molar-refractivity contribution in [3.63, 3.8) is 0 Å². The maximum absolute atomic E-state index is 13.4. The van der Waals surface area contributed by atoms with Crippen LogP contribution in [0.5, 0.6) is 5.75 Å². The molecule has 2 heterocycles. The van der Waals surface area contributed by atoms with Crippen molar-refractivity contribution in [1.29, 1.82) is 0 Å². The lowest BCUT2D eigenvalue weighted by atomic mass is 9.87. The summed E-state index contributed by atoms with van der Waals surface area (Å²) >= 11 is 6.18. The molecule has 1 aliphatic heterocycles. The van der Waals surface area contributed by atoms with Crippen LogP contribution in [-0.2, 0) is 9.53 Å². The van der Waals surface area contributed by atoms with E-state index >= 15 is 0 Å². The molecular formula is C28H23ClN2O4. The monoisotopic (exact) mass is 486 g/mol. The summed E-state index contributed by atoms with van der Waals surface area (Å²) in [6.45, 7) is 1.98. The highest BCUT2D eigenvalue weighted by Gasteiger charge is 2.39. The molecule has 1 atom stereocenters. The third-order valence-electron chi connectivity index (χ3n) is 6.24. The number of carbonyl (C=O) groups is 2. The predicted molar refractivity (Wildman–Crippen MR) is 136 cm³/mol. The van der Waals surface area contributed by atoms with Gasteiger partial charge in [0.2, 0.25) is 5.91 Å². The minimum atomic E-state index is -0.691. The molecule has 0 saturated heterocycles. The van der Waals surface area contributed by atoms with E-state index < -0.39 is 11.9 Å². The van der Waals surface area contributed by atoms with Crippen LogP contribution in [0.25, 0.3) is 16.9 Å². The van der Waals surface area contributed by atoms with Crippen molar-refractivity contribution in [3.05, 3.63) is 100 Å². The SMILES string of the molecule is COC(=O)c1cn(-c2ccc(OC)cc2)c(-c2ccc(Cl)cc2)c1[C@@H]1C(=O)Nc2ccc(C)cc21. The summed E-state index contributed by atoms with van der Waals surface area (Å²) in [4.78, 5) is 26.4. The summed E-state index contributed by atoms with van der Waals surface area (Å²) in [6.07, 6.45) is 1.73. The summed E-state index contributed by atoms with van der Waals surface area (Å²) in [5.41, 5.74) is 5.80. The second kappa shape index (κ2) is 8.96. The second-order valence-electron chi connectivity index (χ2n) is 8.38. The van der Waals surface area contributed by atoms with Gasteiger partial charge >= 0.3 is 5.97 Å². The van der Waals surface area contributed by atoms with Crippen LogP contribution < -0.4 is 10.1 Å². The standard InChI is InChI=1S/C28H23ClN2O4/c1-16-4-13-23-21(14-16)25(27(32)30-23)24-22(28(33)35-3)15-31(19-9-11-20(34-2)12-10-19)26(24)17-5-7-18(29)8-6-17/h4-15,25H,1-3H3,(H,30,32)/t25-/m1/s1. The van der Waals surface area contributed by atoms with Crippen LogP contribution in [0.3, 0.4) is 0 Å². The zero-order chi connectivity index (χ0) is 24.7. The summed E-state index contributed by atoms with van der Waals surface area (Å²) < 4.78 is 12.4. The van der Waals surface area contributed by atoms with Crippen molar-refractivity contribution in [2.45, 2.75) is 12.8 Å². The minimum absolute atomic E-state index is 0.196. The van der Waals surface area contributed by atoms with Crippen molar-refractivity contribution < 1.29 is 19.1 Å². The number of methoxy groups -OCH3 is 2. The molecule has 35 heavy (non-hydrogen) atoms. The first-order chi connectivity index (χ1) is 16.9. The first-order valence-electron chi connectivity index (χ1n) is 11.1. The molecule has 6 nitrogen and oxygen atoms in total. The summed E-state index contributed by atoms with van der Waals surface area (Å²) in [5, 5.41) is 3.56. The Morgan fingerprint density at radius 1 is 1.00 bits per heavy atom. The second-order valence-corrected chi connectivity index (χ2v) is 8.82. The summed E-state index contributed by atoms with van der Waals surface area (Å²) in [7, 11) is 2.95. The van der Waals surface area contributed by atoms with Crippen LogP contribution in [0, 0.1) is 6.92 Å². The number of rotatable bonds is 5. The van der Waals surface area contributed by atoms with E-state index in [9.17, 15) is 9.59 Å². The Bertz CT molecular complexity index is 1440. The van der Waals surface area contributed by atoms with Crippen LogP contribution in [0.4, 0.5) is 5.69 Å². The van der Waals surface area contributed by atoms with Gasteiger partial charge in [0, 0.05) is 28.2 Å². The number of ether oxygens (including phenoxy) is 2. The average Bonchev–Trinajstić information content (AvgIpc) is 3.40. The average molecular weight is 487 g/mol. The van der Waals surface area contributed by atoms with E-state index in [-0.39, 0.29) is 5.91 Å². The van der Waals surface area contributed by atoms with Gasteiger partial charge in [-0.15, -0.1) is 0 Å². The highest BCUT2D eigenvalue weighted by Crippen LogP contribution is 2.45. The van der Waals surface area contributed by atoms with Gasteiger partial charge in [-0.3, -0.25) is 4.79 Å². The molecule has 0 aliphatic carbocycles. The number of hydrogen-bond donors (Lipinski definition) is 1. The van der Waals surface area contributed by atoms with Crippen LogP contribution in [0.2, 0.25) is 5.02 Å². The number of halogens is 1. The number of aromatic nitrogens is 1. The molecule has 1 aromatic heterocycles. The number of amides is 1. The minimum Gasteiger partial charge on any atom is -0.497 e. The molecule has 0 unspecified atom stereocenters. The fraction of sp³-hybridized carbons (Fsp3) is 0.143. The number of carbonyl (C=O) groups excluding carboxylic acids is 2. The Labute approximate surface area is 208 Å². The zero-order valence-corrected chi connectivity index (χ0v) is 20.2. The normalized spacial score (nSPS) is 14.4. The molecule has 3 aromatic carbocycles. The van der Waals surface area contributed by atoms with E-state index in [0.717, 1.165) is 28.1 Å². The number of hydrogen-bond acceptors (Lipinski definition) is 4. The van der Waals surface area contributed by atoms with Crippen molar-refractivity contribution in [1.82, 2.24) is 4.57 Å². The van der Waals surface area contributed by atoms with Crippen molar-refractivity contribution in [2.24, 2.45) is 0 Å². The van der Waals surface area contributed by atoms with Gasteiger partial charge in [0.25, 0.3) is 0 Å². The smallest absolute Gasteiger partial charge is 0.339 e. The van der Waals surface area contributed by atoms with Gasteiger partial charge in [0.1, 0.15) is 5.75 Å². The van der Waals surface area contributed by atoms with E-state index in [2.05, 4.69) is 5.32 Å². The number of nitrogens with zero attached hydrogens (tertiary/aromatic N) is 1. The molecule has 0 spiro atoms. The number of esters is 1. The molecule has 1 amide bonds. The molecule has 0 bridgehead atoms. The van der Waals surface area contributed by atoms with Crippen molar-refractivity contribution in [2.75, 3.05) is 19.5 Å². The van der Waals surface area contributed by atoms with E-state index in [1.807, 2.05) is 66.1 Å². The van der Waals surface area contributed by atoms with Gasteiger partial charge < -0.3 is 19.4 Å². The highest BCUT2D eigenvalue weighted by atomic mass is 35.5. The Hall–Kier alpha value is -4.03. The third-order valence-corrected chi connectivity index (χ3v) is 6.50. The van der Waals surface area contributed by atoms with E-state index in [4.69, 9.17) is 21.1 Å². The molecule has 0 fully saturated rings. The van der Waals surface area contributed by atoms with Gasteiger partial charge in [0.05, 0.1) is 31.4 Å². The predicted octanol–water partition coefficient (Wildman–Crippen LogP) is 5.99. The van der Waals surface area contributed by atoms with Crippen LogP contribution in [-0.4, -0.2) is 30.7 Å². The quantitative estimate of drug-likeness (QED) is 0.352. The van der Waals surface area contributed by atoms with Crippen LogP contribution in [0.15, 0.2) is 72.9 Å². The number of aryl methyl sites for hydroxylation is 1. The lowest BCUT2D eigenvalue weighted by Crippen LogP contribution is -2.17. The van der Waals surface area contributed by atoms with Crippen LogP contribution >= 0.6 is 11.6 Å². The van der Waals surface area contributed by atoms with Gasteiger partial charge in [0.15, 0.2) is 0 Å². The zero-order valence-electron chi connectivity index (χ0n) is 19.5. The molecule has 5 rings (SSSR count). The lowest BCUT2D eigenvalue weighted by molar-refractivity contribution is -0.116. The van der Waals surface area contributed by atoms with Crippen molar-refractivity contribution >= 4 is 29.2 Å². The summed E-state index contributed by atoms with van der Waals surface area (Å²) in [5.74, 6) is -0.694. The molecular weight excluding hydrogens is 464 g/mol. The Morgan fingerprint density at radius 2 is 1.71 bits per heavy atom. The maximum Gasteiger partial charge on any atom is 0.339 e. The van der Waals surface area contributed by atoms with Crippen molar-refractivity contribution in [3.8, 4) is 22.7 Å². The number of anilines is 1. The third kappa shape index (κ3) is 3.96. The van der Waals surface area contributed by atoms with Gasteiger partial charge in [-0.05, 0) is 60.5 Å². The first kappa shape index (κ1) is 22.7. The fourth-order valence-corrected chi connectivity index (χ4v) is 4.73. The van der Waals surface area contributed by atoms with E-state index in [1.54, 1.807) is 25.4 Å². The number of benzene rings is 3. The number of nitrogens with one attached hydrogen (secondary N) is 1. The van der Waals surface area contributed by atoms with Gasteiger partial charge in [-0.2, -0.15) is 0 Å². The molecule has 4 aromatic rings. The molecule has 1 aliphatic rings.